The van der Waals surface area contributed by atoms with Gasteiger partial charge in [-0.15, -0.1) is 11.3 Å². The minimum absolute atomic E-state index is 1.12. The maximum absolute atomic E-state index is 8.74. The molecule has 0 bridgehead atoms. The molecule has 0 radical (unpaired) electrons. The lowest BCUT2D eigenvalue weighted by molar-refractivity contribution is -0.929. The summed E-state index contributed by atoms with van der Waals surface area (Å²) in [5, 5.41) is 0. The van der Waals surface area contributed by atoms with Gasteiger partial charge in [0.15, 0.2) is 0 Å². The number of hydrogen-bond donors (Lipinski definition) is 2. The normalized spacial score (nSPS) is 11.3. The molecule has 6 nitrogen and oxygen atoms in total. The minimum atomic E-state index is -4.67. The van der Waals surface area contributed by atoms with Crippen LogP contribution < -0.4 is 0 Å². The van der Waals surface area contributed by atoms with Crippen molar-refractivity contribution in [3.05, 3.63) is 16.1 Å². The lowest BCUT2D eigenvalue weighted by Crippen LogP contribution is -2.50. The van der Waals surface area contributed by atoms with Crippen LogP contribution in [0.15, 0.2) is 5.51 Å². The highest BCUT2D eigenvalue weighted by molar-refractivity contribution is 7.79. The van der Waals surface area contributed by atoms with Gasteiger partial charge in [0.05, 0.1) is 37.4 Å². The Labute approximate surface area is 190 Å². The molecule has 8 heteroatoms. The van der Waals surface area contributed by atoms with Gasteiger partial charge in [0, 0.05) is 4.88 Å². The van der Waals surface area contributed by atoms with Crippen molar-refractivity contribution in [3.63, 3.8) is 0 Å². The predicted molar refractivity (Wildman–Crippen MR) is 130 cm³/mol. The Balaban J connectivity index is 0. The molecule has 1 aromatic rings. The summed E-state index contributed by atoms with van der Waals surface area (Å²) in [6.07, 6.45) is 12.2. The molecule has 0 aliphatic rings. The van der Waals surface area contributed by atoms with Gasteiger partial charge in [-0.2, -0.15) is 8.42 Å². The Morgan fingerprint density at radius 1 is 0.833 bits per heavy atom. The molecule has 0 aliphatic heterocycles. The first-order chi connectivity index (χ1) is 14.1. The van der Waals surface area contributed by atoms with E-state index in [0.29, 0.717) is 0 Å². The summed E-state index contributed by atoms with van der Waals surface area (Å²) in [5.41, 5.74) is 3.09. The number of hydrogen-bond acceptors (Lipinski definition) is 4. The van der Waals surface area contributed by atoms with Crippen molar-refractivity contribution in [1.29, 1.82) is 0 Å². The third-order valence-electron chi connectivity index (χ3n) is 5.11. The second-order valence-corrected chi connectivity index (χ2v) is 9.65. The van der Waals surface area contributed by atoms with Crippen LogP contribution in [0.3, 0.4) is 0 Å². The van der Waals surface area contributed by atoms with Gasteiger partial charge in [0.1, 0.15) is 0 Å². The van der Waals surface area contributed by atoms with E-state index in [1.165, 1.54) is 92.6 Å². The van der Waals surface area contributed by atoms with Crippen LogP contribution >= 0.6 is 11.3 Å². The van der Waals surface area contributed by atoms with Crippen molar-refractivity contribution in [1.82, 2.24) is 4.98 Å². The van der Waals surface area contributed by atoms with Crippen LogP contribution in [-0.2, 0) is 16.8 Å². The van der Waals surface area contributed by atoms with Gasteiger partial charge in [-0.1, -0.05) is 60.3 Å². The summed E-state index contributed by atoms with van der Waals surface area (Å²) in [4.78, 5) is 5.51. The Kier molecular flexibility index (Phi) is 20.2. The van der Waals surface area contributed by atoms with E-state index >= 15 is 0 Å². The fraction of sp³-hybridized carbons (Fsp3) is 0.864. The standard InChI is InChI=1S/C16H36N.C6H9NS.H2O4S/c1-5-9-13-17(14-10-6-2,15-11-7-3)16-12-8-4;1-3-6-5(2)7-4-8-6;1-5(2,3)4/h5-16H2,1-4H3;4H,3H2,1-2H3;(H2,1,2,3,4)/q+1;;. The number of rotatable bonds is 13. The number of thiazole rings is 1. The highest BCUT2D eigenvalue weighted by Crippen LogP contribution is 2.16. The molecule has 1 heterocycles. The molecule has 2 N–H and O–H groups in total. The lowest BCUT2D eigenvalue weighted by Gasteiger charge is -2.39. The van der Waals surface area contributed by atoms with Gasteiger partial charge in [-0.05, 0) is 39.0 Å². The molecule has 0 saturated carbocycles. The molecule has 0 atom stereocenters. The molecule has 0 saturated heterocycles. The van der Waals surface area contributed by atoms with Crippen molar-refractivity contribution >= 4 is 21.7 Å². The molecular weight excluding hydrogens is 420 g/mol. The van der Waals surface area contributed by atoms with E-state index in [-0.39, 0.29) is 0 Å². The van der Waals surface area contributed by atoms with Crippen LogP contribution in [0, 0.1) is 6.92 Å². The second kappa shape index (κ2) is 19.2. The summed E-state index contributed by atoms with van der Waals surface area (Å²) in [6, 6.07) is 0. The third-order valence-corrected chi connectivity index (χ3v) is 6.19. The van der Waals surface area contributed by atoms with Gasteiger partial charge >= 0.3 is 10.4 Å². The molecule has 1 aromatic heterocycles. The zero-order chi connectivity index (χ0) is 23.5. The largest absolute Gasteiger partial charge is 0.394 e. The van der Waals surface area contributed by atoms with Gasteiger partial charge < -0.3 is 4.48 Å². The number of unbranched alkanes of at least 4 members (excludes halogenated alkanes) is 4. The second-order valence-electron chi connectivity index (χ2n) is 7.81. The highest BCUT2D eigenvalue weighted by Gasteiger charge is 2.24. The fourth-order valence-electron chi connectivity index (χ4n) is 3.31. The lowest BCUT2D eigenvalue weighted by atomic mass is 10.1. The van der Waals surface area contributed by atoms with Gasteiger partial charge in [-0.3, -0.25) is 9.11 Å². The molecule has 0 spiro atoms. The van der Waals surface area contributed by atoms with Crippen molar-refractivity contribution in [2.75, 3.05) is 26.2 Å². The molecule has 0 aromatic carbocycles. The Morgan fingerprint density at radius 3 is 1.33 bits per heavy atom. The predicted octanol–water partition coefficient (Wildman–Crippen LogP) is 6.36. The van der Waals surface area contributed by atoms with E-state index in [4.69, 9.17) is 17.5 Å². The highest BCUT2D eigenvalue weighted by atomic mass is 32.3. The van der Waals surface area contributed by atoms with Gasteiger partial charge in [-0.25, -0.2) is 4.98 Å². The SMILES string of the molecule is CCCC[N+](CCCC)(CCCC)CCCC.CCc1scnc1C.O=S(=O)(O)O. The molecule has 0 fully saturated rings. The fourth-order valence-corrected chi connectivity index (χ4v) is 4.04. The first-order valence-electron chi connectivity index (χ1n) is 11.5. The zero-order valence-electron chi connectivity index (χ0n) is 20.2. The molecule has 0 aliphatic carbocycles. The smallest absolute Gasteiger partial charge is 0.324 e. The Hall–Kier alpha value is -0.540. The van der Waals surface area contributed by atoms with Gasteiger partial charge in [0.25, 0.3) is 0 Å². The molecule has 0 amide bonds. The van der Waals surface area contributed by atoms with E-state index in [9.17, 15) is 0 Å². The number of nitrogens with zero attached hydrogens (tertiary/aromatic N) is 2. The van der Waals surface area contributed by atoms with Crippen molar-refractivity contribution in [2.24, 2.45) is 0 Å². The van der Waals surface area contributed by atoms with E-state index in [1.54, 1.807) is 11.3 Å². The van der Waals surface area contributed by atoms with E-state index < -0.39 is 10.4 Å². The van der Waals surface area contributed by atoms with Crippen LogP contribution in [0.1, 0.15) is 96.6 Å². The van der Waals surface area contributed by atoms with Crippen molar-refractivity contribution in [3.8, 4) is 0 Å². The van der Waals surface area contributed by atoms with E-state index in [0.717, 1.165) is 6.42 Å². The summed E-state index contributed by atoms with van der Waals surface area (Å²) in [7, 11) is -4.67. The Morgan fingerprint density at radius 2 is 1.17 bits per heavy atom. The molecule has 30 heavy (non-hydrogen) atoms. The van der Waals surface area contributed by atoms with Crippen LogP contribution in [0.4, 0.5) is 0 Å². The third kappa shape index (κ3) is 19.4. The summed E-state index contributed by atoms with van der Waals surface area (Å²) >= 11 is 1.74. The van der Waals surface area contributed by atoms with Crippen molar-refractivity contribution in [2.45, 2.75) is 99.3 Å². The maximum atomic E-state index is 8.74. The average Bonchev–Trinajstić information content (AvgIpc) is 3.11. The summed E-state index contributed by atoms with van der Waals surface area (Å²) in [6.45, 7) is 19.2. The summed E-state index contributed by atoms with van der Waals surface area (Å²) in [5.74, 6) is 0. The quantitative estimate of drug-likeness (QED) is 0.260. The topological polar surface area (TPSA) is 87.5 Å². The molecule has 0 unspecified atom stereocenters. The zero-order valence-corrected chi connectivity index (χ0v) is 21.8. The van der Waals surface area contributed by atoms with Crippen molar-refractivity contribution < 1.29 is 22.0 Å². The van der Waals surface area contributed by atoms with E-state index in [1.807, 2.05) is 5.51 Å². The van der Waals surface area contributed by atoms with Gasteiger partial charge in [0.2, 0.25) is 0 Å². The van der Waals surface area contributed by atoms with Crippen LogP contribution in [0.5, 0.6) is 0 Å². The first-order valence-corrected chi connectivity index (χ1v) is 13.8. The van der Waals surface area contributed by atoms with Crippen LogP contribution in [-0.4, -0.2) is 53.2 Å². The monoisotopic (exact) mass is 467 g/mol. The Bertz CT molecular complexity index is 559. The molecule has 180 valence electrons. The maximum Gasteiger partial charge on any atom is 0.394 e. The minimum Gasteiger partial charge on any atom is -0.324 e. The first kappa shape index (κ1) is 31.6. The number of aromatic nitrogens is 1. The molecule has 1 rings (SSSR count). The summed E-state index contributed by atoms with van der Waals surface area (Å²) < 4.78 is 33.0. The van der Waals surface area contributed by atoms with Crippen LogP contribution in [0.25, 0.3) is 0 Å². The van der Waals surface area contributed by atoms with E-state index in [2.05, 4.69) is 46.5 Å². The molecular formula is C22H47N2O4S2+. The number of quaternary nitrogens is 1. The van der Waals surface area contributed by atoms with Crippen LogP contribution in [0.2, 0.25) is 0 Å². The average molecular weight is 468 g/mol. The number of aryl methyl sites for hydroxylation is 2.